The van der Waals surface area contributed by atoms with Crippen LogP contribution in [0.25, 0.3) is 33.5 Å². The van der Waals surface area contributed by atoms with E-state index in [1.54, 1.807) is 30.9 Å². The average Bonchev–Trinajstić information content (AvgIpc) is 3.38. The van der Waals surface area contributed by atoms with Crippen LogP contribution in [0.1, 0.15) is 25.5 Å². The Balaban J connectivity index is 1.47. The maximum Gasteiger partial charge on any atom is 0.166 e. The van der Waals surface area contributed by atoms with Gasteiger partial charge >= 0.3 is 0 Å². The molecule has 0 amide bonds. The van der Waals surface area contributed by atoms with Gasteiger partial charge in [0.05, 0.1) is 6.33 Å². The summed E-state index contributed by atoms with van der Waals surface area (Å²) in [5.41, 5.74) is 4.32. The molecular weight excluding hydrogens is 393 g/mol. The Morgan fingerprint density at radius 3 is 2.90 bits per heavy atom. The van der Waals surface area contributed by atoms with Crippen LogP contribution in [-0.4, -0.2) is 36.0 Å². The number of aromatic amines is 1. The van der Waals surface area contributed by atoms with E-state index < -0.39 is 0 Å². The summed E-state index contributed by atoms with van der Waals surface area (Å²) in [7, 11) is 0. The van der Waals surface area contributed by atoms with Gasteiger partial charge in [-0.3, -0.25) is 4.98 Å². The molecule has 0 unspecified atom stereocenters. The zero-order valence-corrected chi connectivity index (χ0v) is 17.3. The predicted molar refractivity (Wildman–Crippen MR) is 119 cm³/mol. The third-order valence-corrected chi connectivity index (χ3v) is 5.31. The van der Waals surface area contributed by atoms with Crippen molar-refractivity contribution in [3.05, 3.63) is 66.6 Å². The van der Waals surface area contributed by atoms with E-state index in [1.807, 2.05) is 22.9 Å². The fourth-order valence-electron chi connectivity index (χ4n) is 3.71. The molecule has 5 aromatic rings. The molecule has 7 nitrogen and oxygen atoms in total. The Morgan fingerprint density at radius 2 is 2.10 bits per heavy atom. The topological polar surface area (TPSA) is 84.3 Å². The van der Waals surface area contributed by atoms with E-state index in [0.29, 0.717) is 24.6 Å². The molecule has 0 aliphatic heterocycles. The molecule has 0 spiro atoms. The van der Waals surface area contributed by atoms with Crippen LogP contribution in [0, 0.1) is 5.82 Å². The Kier molecular flexibility index (Phi) is 4.82. The van der Waals surface area contributed by atoms with E-state index in [9.17, 15) is 4.39 Å². The minimum atomic E-state index is -0.237. The summed E-state index contributed by atoms with van der Waals surface area (Å²) in [6.07, 6.45) is 7.91. The van der Waals surface area contributed by atoms with Crippen LogP contribution in [0.3, 0.4) is 0 Å². The first-order valence-electron chi connectivity index (χ1n) is 10.2. The zero-order valence-electron chi connectivity index (χ0n) is 17.3. The van der Waals surface area contributed by atoms with Crippen molar-refractivity contribution < 1.29 is 4.39 Å². The number of anilines is 1. The predicted octanol–water partition coefficient (Wildman–Crippen LogP) is 4.74. The van der Waals surface area contributed by atoms with Crippen molar-refractivity contribution in [1.82, 2.24) is 29.5 Å². The number of halogens is 1. The molecule has 0 aliphatic carbocycles. The van der Waals surface area contributed by atoms with E-state index >= 15 is 0 Å². The van der Waals surface area contributed by atoms with E-state index in [2.05, 4.69) is 34.1 Å². The molecule has 156 valence electrons. The largest absolute Gasteiger partial charge is 0.368 e. The van der Waals surface area contributed by atoms with Crippen LogP contribution in [-0.2, 0) is 6.42 Å². The SMILES string of the molecule is CC(C)n1cnc2c(NCCc3c[nH]c4ccc(F)cc34)nc(-c3cccnc3)nc21. The molecule has 2 N–H and O–H groups in total. The van der Waals surface area contributed by atoms with Gasteiger partial charge in [0.15, 0.2) is 17.3 Å². The highest BCUT2D eigenvalue weighted by atomic mass is 19.1. The highest BCUT2D eigenvalue weighted by Gasteiger charge is 2.16. The Morgan fingerprint density at radius 1 is 1.19 bits per heavy atom. The first-order valence-corrected chi connectivity index (χ1v) is 10.2. The van der Waals surface area contributed by atoms with E-state index in [-0.39, 0.29) is 11.9 Å². The van der Waals surface area contributed by atoms with Crippen molar-refractivity contribution in [3.8, 4) is 11.4 Å². The van der Waals surface area contributed by atoms with Crippen molar-refractivity contribution in [1.29, 1.82) is 0 Å². The standard InChI is InChI=1S/C23H22FN7/c1-14(2)31-13-28-20-22(29-21(30-23(20)31)16-4-3-8-25-11-16)26-9-7-15-12-27-19-6-5-17(24)10-18(15)19/h3-6,8,10-14,27H,7,9H2,1-2H3,(H,26,29,30). The minimum absolute atomic E-state index is 0.218. The van der Waals surface area contributed by atoms with Gasteiger partial charge in [0.25, 0.3) is 0 Å². The Labute approximate surface area is 178 Å². The summed E-state index contributed by atoms with van der Waals surface area (Å²) in [5.74, 6) is 1.04. The molecule has 0 fully saturated rings. The summed E-state index contributed by atoms with van der Waals surface area (Å²) in [4.78, 5) is 21.4. The van der Waals surface area contributed by atoms with Crippen molar-refractivity contribution in [3.63, 3.8) is 0 Å². The van der Waals surface area contributed by atoms with Gasteiger partial charge in [0.1, 0.15) is 11.3 Å². The highest BCUT2D eigenvalue weighted by molar-refractivity contribution is 5.85. The number of imidazole rings is 1. The zero-order chi connectivity index (χ0) is 21.4. The van der Waals surface area contributed by atoms with Gasteiger partial charge in [-0.15, -0.1) is 0 Å². The Hall–Kier alpha value is -3.81. The van der Waals surface area contributed by atoms with Crippen molar-refractivity contribution >= 4 is 27.9 Å². The number of hydrogen-bond donors (Lipinski definition) is 2. The molecule has 4 aromatic heterocycles. The number of aromatic nitrogens is 6. The third kappa shape index (κ3) is 3.61. The first-order chi connectivity index (χ1) is 15.1. The first kappa shape index (κ1) is 19.2. The van der Waals surface area contributed by atoms with Crippen LogP contribution >= 0.6 is 0 Å². The Bertz CT molecular complexity index is 1350. The van der Waals surface area contributed by atoms with Gasteiger partial charge in [-0.05, 0) is 56.2 Å². The maximum atomic E-state index is 13.7. The third-order valence-electron chi connectivity index (χ3n) is 5.31. The van der Waals surface area contributed by atoms with Crippen molar-refractivity contribution in [2.45, 2.75) is 26.3 Å². The maximum absolute atomic E-state index is 13.7. The summed E-state index contributed by atoms with van der Waals surface area (Å²) < 4.78 is 15.7. The van der Waals surface area contributed by atoms with Crippen LogP contribution < -0.4 is 5.32 Å². The molecule has 0 saturated carbocycles. The number of benzene rings is 1. The number of rotatable bonds is 6. The summed E-state index contributed by atoms with van der Waals surface area (Å²) in [6, 6.07) is 8.81. The number of H-pyrrole nitrogens is 1. The fourth-order valence-corrected chi connectivity index (χ4v) is 3.71. The summed E-state index contributed by atoms with van der Waals surface area (Å²) in [6.45, 7) is 4.81. The lowest BCUT2D eigenvalue weighted by Crippen LogP contribution is -2.09. The number of hydrogen-bond acceptors (Lipinski definition) is 5. The van der Waals surface area contributed by atoms with Crippen LogP contribution in [0.5, 0.6) is 0 Å². The van der Waals surface area contributed by atoms with Gasteiger partial charge in [0.2, 0.25) is 0 Å². The molecule has 4 heterocycles. The smallest absolute Gasteiger partial charge is 0.166 e. The molecule has 0 saturated heterocycles. The van der Waals surface area contributed by atoms with Crippen molar-refractivity contribution in [2.24, 2.45) is 0 Å². The molecule has 1 aromatic carbocycles. The second-order valence-electron chi connectivity index (χ2n) is 7.74. The van der Waals surface area contributed by atoms with Gasteiger partial charge in [-0.1, -0.05) is 0 Å². The molecule has 31 heavy (non-hydrogen) atoms. The average molecular weight is 415 g/mol. The highest BCUT2D eigenvalue weighted by Crippen LogP contribution is 2.26. The molecule has 0 aliphatic rings. The lowest BCUT2D eigenvalue weighted by Gasteiger charge is -2.11. The lowest BCUT2D eigenvalue weighted by molar-refractivity contribution is 0.613. The molecular formula is C23H22FN7. The minimum Gasteiger partial charge on any atom is -0.368 e. The van der Waals surface area contributed by atoms with Crippen LogP contribution in [0.4, 0.5) is 10.2 Å². The van der Waals surface area contributed by atoms with Gasteiger partial charge < -0.3 is 14.9 Å². The van der Waals surface area contributed by atoms with Gasteiger partial charge in [-0.25, -0.2) is 19.3 Å². The quantitative estimate of drug-likeness (QED) is 0.418. The van der Waals surface area contributed by atoms with E-state index in [4.69, 9.17) is 9.97 Å². The van der Waals surface area contributed by atoms with Crippen molar-refractivity contribution in [2.75, 3.05) is 11.9 Å². The molecule has 0 atom stereocenters. The number of nitrogens with one attached hydrogen (secondary N) is 2. The van der Waals surface area contributed by atoms with Gasteiger partial charge in [-0.2, -0.15) is 0 Å². The molecule has 8 heteroatoms. The summed E-state index contributed by atoms with van der Waals surface area (Å²) >= 11 is 0. The number of nitrogens with zero attached hydrogens (tertiary/aromatic N) is 5. The van der Waals surface area contributed by atoms with E-state index in [1.165, 1.54) is 6.07 Å². The summed E-state index contributed by atoms with van der Waals surface area (Å²) in [5, 5.41) is 4.31. The van der Waals surface area contributed by atoms with E-state index in [0.717, 1.165) is 33.2 Å². The number of pyridine rings is 1. The molecule has 5 rings (SSSR count). The van der Waals surface area contributed by atoms with Gasteiger partial charge in [0, 0.05) is 47.6 Å². The number of fused-ring (bicyclic) bond motifs is 2. The van der Waals surface area contributed by atoms with Crippen LogP contribution in [0.2, 0.25) is 0 Å². The molecule has 0 radical (unpaired) electrons. The second-order valence-corrected chi connectivity index (χ2v) is 7.74. The lowest BCUT2D eigenvalue weighted by atomic mass is 10.1. The monoisotopic (exact) mass is 415 g/mol. The fraction of sp³-hybridized carbons (Fsp3) is 0.217. The van der Waals surface area contributed by atoms with Crippen LogP contribution in [0.15, 0.2) is 55.2 Å². The second kappa shape index (κ2) is 7.79. The normalized spacial score (nSPS) is 11.6. The molecule has 0 bridgehead atoms.